The van der Waals surface area contributed by atoms with E-state index in [-0.39, 0.29) is 0 Å². The Labute approximate surface area is 109 Å². The van der Waals surface area contributed by atoms with Crippen LogP contribution < -0.4 is 0 Å². The third-order valence-electron chi connectivity index (χ3n) is 2.48. The highest BCUT2D eigenvalue weighted by Crippen LogP contribution is 2.34. The Morgan fingerprint density at radius 3 is 2.00 bits per heavy atom. The van der Waals surface area contributed by atoms with Crippen LogP contribution in [0.1, 0.15) is 31.2 Å². The molecular formula is C12H14ClF3S. The van der Waals surface area contributed by atoms with E-state index in [0.29, 0.717) is 9.92 Å². The molecule has 1 aliphatic rings. The minimum atomic E-state index is -4.30. The van der Waals surface area contributed by atoms with Gasteiger partial charge in [0, 0.05) is 4.90 Å². The van der Waals surface area contributed by atoms with Crippen LogP contribution in [0.15, 0.2) is 23.1 Å². The summed E-state index contributed by atoms with van der Waals surface area (Å²) in [6.07, 6.45) is 3.39. The van der Waals surface area contributed by atoms with Crippen molar-refractivity contribution >= 4 is 23.4 Å². The zero-order chi connectivity index (χ0) is 12.9. The molecule has 1 aromatic carbocycles. The van der Waals surface area contributed by atoms with Gasteiger partial charge in [-0.05, 0) is 24.5 Å². The highest BCUT2D eigenvalue weighted by atomic mass is 35.5. The summed E-state index contributed by atoms with van der Waals surface area (Å²) in [5.74, 6) is 0. The molecule has 0 unspecified atom stereocenters. The second-order valence-electron chi connectivity index (χ2n) is 3.76. The van der Waals surface area contributed by atoms with E-state index in [1.165, 1.54) is 43.5 Å². The number of alkyl halides is 3. The summed E-state index contributed by atoms with van der Waals surface area (Å²) >= 11 is 6.85. The highest BCUT2D eigenvalue weighted by molar-refractivity contribution is 7.98. The van der Waals surface area contributed by atoms with Gasteiger partial charge in [0.25, 0.3) is 0 Å². The second-order valence-corrected chi connectivity index (χ2v) is 5.02. The molecule has 0 amide bonds. The number of thioether (sulfide) groups is 1. The van der Waals surface area contributed by atoms with Gasteiger partial charge in [0.2, 0.25) is 0 Å². The van der Waals surface area contributed by atoms with E-state index in [2.05, 4.69) is 0 Å². The molecule has 0 saturated heterocycles. The summed E-state index contributed by atoms with van der Waals surface area (Å²) in [7, 11) is 0. The van der Waals surface area contributed by atoms with Gasteiger partial charge in [0.1, 0.15) is 0 Å². The Hall–Kier alpha value is -0.350. The maximum absolute atomic E-state index is 12.2. The SMILES string of the molecule is C1CCC1.CSc1cc(C(F)(F)F)ccc1Cl. The Balaban J connectivity index is 0.000000302. The van der Waals surface area contributed by atoms with Gasteiger partial charge in [0.05, 0.1) is 10.6 Å². The van der Waals surface area contributed by atoms with Gasteiger partial charge in [-0.1, -0.05) is 37.3 Å². The van der Waals surface area contributed by atoms with Crippen LogP contribution >= 0.6 is 23.4 Å². The number of halogens is 4. The monoisotopic (exact) mass is 282 g/mol. The summed E-state index contributed by atoms with van der Waals surface area (Å²) in [5, 5.41) is 0.348. The molecule has 0 aromatic heterocycles. The highest BCUT2D eigenvalue weighted by Gasteiger charge is 2.30. The first-order valence-corrected chi connectivity index (χ1v) is 6.96. The first-order valence-electron chi connectivity index (χ1n) is 5.36. The Morgan fingerprint density at radius 2 is 1.65 bits per heavy atom. The first kappa shape index (κ1) is 14.7. The van der Waals surface area contributed by atoms with Crippen molar-refractivity contribution in [2.75, 3.05) is 6.26 Å². The predicted octanol–water partition coefficient (Wildman–Crippen LogP) is 5.64. The summed E-state index contributed by atoms with van der Waals surface area (Å²) in [6, 6.07) is 3.28. The molecule has 0 aliphatic heterocycles. The van der Waals surface area contributed by atoms with E-state index in [1.54, 1.807) is 6.26 Å². The van der Waals surface area contributed by atoms with Crippen LogP contribution in [0, 0.1) is 0 Å². The van der Waals surface area contributed by atoms with Crippen molar-refractivity contribution in [1.29, 1.82) is 0 Å². The lowest BCUT2D eigenvalue weighted by molar-refractivity contribution is -0.137. The molecule has 96 valence electrons. The Morgan fingerprint density at radius 1 is 1.12 bits per heavy atom. The van der Waals surface area contributed by atoms with Crippen LogP contribution in [0.5, 0.6) is 0 Å². The summed E-state index contributed by atoms with van der Waals surface area (Å²) < 4.78 is 36.6. The van der Waals surface area contributed by atoms with Gasteiger partial charge in [-0.3, -0.25) is 0 Å². The van der Waals surface area contributed by atoms with Crippen LogP contribution in [0.3, 0.4) is 0 Å². The van der Waals surface area contributed by atoms with Crippen molar-refractivity contribution in [3.05, 3.63) is 28.8 Å². The fourth-order valence-electron chi connectivity index (χ4n) is 1.09. The third kappa shape index (κ3) is 4.80. The zero-order valence-corrected chi connectivity index (χ0v) is 11.1. The van der Waals surface area contributed by atoms with Gasteiger partial charge in [-0.2, -0.15) is 13.2 Å². The molecule has 0 nitrogen and oxygen atoms in total. The number of benzene rings is 1. The molecule has 2 rings (SSSR count). The molecule has 0 radical (unpaired) electrons. The van der Waals surface area contributed by atoms with Crippen LogP contribution in [0.25, 0.3) is 0 Å². The fourth-order valence-corrected chi connectivity index (χ4v) is 1.94. The molecular weight excluding hydrogens is 269 g/mol. The third-order valence-corrected chi connectivity index (χ3v) is 3.70. The maximum Gasteiger partial charge on any atom is 0.416 e. The molecule has 17 heavy (non-hydrogen) atoms. The first-order chi connectivity index (χ1) is 7.95. The molecule has 1 saturated carbocycles. The van der Waals surface area contributed by atoms with Crippen LogP contribution in [0.2, 0.25) is 5.02 Å². The summed E-state index contributed by atoms with van der Waals surface area (Å²) in [5.41, 5.74) is -0.666. The molecule has 1 fully saturated rings. The van der Waals surface area contributed by atoms with Crippen LogP contribution in [0.4, 0.5) is 13.2 Å². The van der Waals surface area contributed by atoms with Gasteiger partial charge < -0.3 is 0 Å². The average Bonchev–Trinajstić information content (AvgIpc) is 2.14. The maximum atomic E-state index is 12.2. The molecule has 0 spiro atoms. The average molecular weight is 283 g/mol. The van der Waals surface area contributed by atoms with Crippen molar-refractivity contribution in [1.82, 2.24) is 0 Å². The van der Waals surface area contributed by atoms with E-state index in [1.807, 2.05) is 0 Å². The lowest BCUT2D eigenvalue weighted by atomic mass is 10.0. The second kappa shape index (κ2) is 6.55. The molecule has 5 heteroatoms. The van der Waals surface area contributed by atoms with E-state index < -0.39 is 11.7 Å². The topological polar surface area (TPSA) is 0 Å². The van der Waals surface area contributed by atoms with Crippen LogP contribution in [-0.4, -0.2) is 6.26 Å². The standard InChI is InChI=1S/C8H6ClF3S.C4H8/c1-13-7-4-5(8(10,11)12)2-3-6(7)9;1-2-4-3-1/h2-4H,1H3;1-4H2. The Bertz CT molecular complexity index is 355. The largest absolute Gasteiger partial charge is 0.416 e. The van der Waals surface area contributed by atoms with Gasteiger partial charge >= 0.3 is 6.18 Å². The number of rotatable bonds is 1. The molecule has 0 bridgehead atoms. The quantitative estimate of drug-likeness (QED) is 0.601. The molecule has 1 aromatic rings. The lowest BCUT2D eigenvalue weighted by Crippen LogP contribution is -2.04. The minimum absolute atomic E-state index is 0.348. The number of hydrogen-bond donors (Lipinski definition) is 0. The van der Waals surface area contributed by atoms with Crippen molar-refractivity contribution in [3.8, 4) is 0 Å². The fraction of sp³-hybridized carbons (Fsp3) is 0.500. The van der Waals surface area contributed by atoms with Gasteiger partial charge in [-0.15, -0.1) is 11.8 Å². The molecule has 0 atom stereocenters. The zero-order valence-electron chi connectivity index (χ0n) is 9.48. The molecule has 0 N–H and O–H groups in total. The lowest BCUT2D eigenvalue weighted by Gasteiger charge is -2.08. The Kier molecular flexibility index (Phi) is 5.67. The minimum Gasteiger partial charge on any atom is -0.166 e. The summed E-state index contributed by atoms with van der Waals surface area (Å²) in [4.78, 5) is 0.441. The van der Waals surface area contributed by atoms with Crippen molar-refractivity contribution in [2.45, 2.75) is 36.8 Å². The molecule has 0 heterocycles. The molecule has 1 aliphatic carbocycles. The smallest absolute Gasteiger partial charge is 0.166 e. The van der Waals surface area contributed by atoms with Gasteiger partial charge in [-0.25, -0.2) is 0 Å². The van der Waals surface area contributed by atoms with Crippen molar-refractivity contribution in [3.63, 3.8) is 0 Å². The van der Waals surface area contributed by atoms with E-state index in [0.717, 1.165) is 12.1 Å². The van der Waals surface area contributed by atoms with Crippen molar-refractivity contribution in [2.24, 2.45) is 0 Å². The van der Waals surface area contributed by atoms with E-state index in [4.69, 9.17) is 11.6 Å². The van der Waals surface area contributed by atoms with Crippen molar-refractivity contribution < 1.29 is 13.2 Å². The van der Waals surface area contributed by atoms with E-state index in [9.17, 15) is 13.2 Å². The van der Waals surface area contributed by atoms with Crippen LogP contribution in [-0.2, 0) is 6.18 Å². The number of hydrogen-bond acceptors (Lipinski definition) is 1. The van der Waals surface area contributed by atoms with E-state index >= 15 is 0 Å². The summed E-state index contributed by atoms with van der Waals surface area (Å²) in [6.45, 7) is 0. The van der Waals surface area contributed by atoms with Gasteiger partial charge in [0.15, 0.2) is 0 Å². The predicted molar refractivity (Wildman–Crippen MR) is 66.7 cm³/mol. The normalized spacial score (nSPS) is 14.6.